The number of amides is 2. The summed E-state index contributed by atoms with van der Waals surface area (Å²) in [6, 6.07) is 0.567. The van der Waals surface area contributed by atoms with Crippen LogP contribution in [0.5, 0.6) is 0 Å². The van der Waals surface area contributed by atoms with E-state index < -0.39 is 0 Å². The molecule has 4 heteroatoms. The van der Waals surface area contributed by atoms with Crippen LogP contribution in [-0.4, -0.2) is 42.1 Å². The molecule has 0 aromatic heterocycles. The maximum Gasteiger partial charge on any atom is 0.317 e. The van der Waals surface area contributed by atoms with Gasteiger partial charge in [-0.05, 0) is 57.9 Å². The molecule has 2 N–H and O–H groups in total. The first-order valence-electron chi connectivity index (χ1n) is 7.58. The van der Waals surface area contributed by atoms with E-state index in [4.69, 9.17) is 0 Å². The zero-order valence-electron chi connectivity index (χ0n) is 11.2. The Balaban J connectivity index is 1.50. The van der Waals surface area contributed by atoms with Crippen LogP contribution in [0, 0.1) is 0 Å². The van der Waals surface area contributed by atoms with E-state index in [1.165, 1.54) is 38.5 Å². The SMILES string of the molecule is O=C(NC1CCNC2(CCC2)C1)N1CCCCC1. The second-order valence-corrected chi connectivity index (χ2v) is 6.25. The van der Waals surface area contributed by atoms with Crippen LogP contribution in [0.25, 0.3) is 0 Å². The number of carbonyl (C=O) groups excluding carboxylic acids is 1. The van der Waals surface area contributed by atoms with Gasteiger partial charge in [0, 0.05) is 24.7 Å². The van der Waals surface area contributed by atoms with E-state index >= 15 is 0 Å². The highest BCUT2D eigenvalue weighted by atomic mass is 16.2. The van der Waals surface area contributed by atoms with E-state index in [1.54, 1.807) is 0 Å². The predicted octanol–water partition coefficient (Wildman–Crippen LogP) is 1.86. The van der Waals surface area contributed by atoms with Gasteiger partial charge in [0.25, 0.3) is 0 Å². The lowest BCUT2D eigenvalue weighted by atomic mass is 9.70. The van der Waals surface area contributed by atoms with Crippen molar-refractivity contribution in [2.45, 2.75) is 62.9 Å². The van der Waals surface area contributed by atoms with Crippen molar-refractivity contribution in [1.29, 1.82) is 0 Å². The first-order chi connectivity index (χ1) is 8.77. The van der Waals surface area contributed by atoms with E-state index in [1.807, 2.05) is 4.90 Å². The van der Waals surface area contributed by atoms with E-state index in [9.17, 15) is 4.79 Å². The highest BCUT2D eigenvalue weighted by Gasteiger charge is 2.41. The summed E-state index contributed by atoms with van der Waals surface area (Å²) in [6.07, 6.45) is 9.77. The Hall–Kier alpha value is -0.770. The summed E-state index contributed by atoms with van der Waals surface area (Å²) >= 11 is 0. The van der Waals surface area contributed by atoms with Crippen molar-refractivity contribution in [3.63, 3.8) is 0 Å². The van der Waals surface area contributed by atoms with Gasteiger partial charge in [-0.15, -0.1) is 0 Å². The highest BCUT2D eigenvalue weighted by Crippen LogP contribution is 2.38. The van der Waals surface area contributed by atoms with Crippen LogP contribution in [-0.2, 0) is 0 Å². The topological polar surface area (TPSA) is 44.4 Å². The average Bonchev–Trinajstić information content (AvgIpc) is 2.38. The third-order valence-electron chi connectivity index (χ3n) is 4.91. The number of nitrogens with zero attached hydrogens (tertiary/aromatic N) is 1. The number of carbonyl (C=O) groups is 1. The molecule has 2 saturated heterocycles. The Kier molecular flexibility index (Phi) is 3.46. The Morgan fingerprint density at radius 1 is 1.17 bits per heavy atom. The lowest BCUT2D eigenvalue weighted by molar-refractivity contribution is 0.116. The fraction of sp³-hybridized carbons (Fsp3) is 0.929. The molecule has 1 unspecified atom stereocenters. The smallest absolute Gasteiger partial charge is 0.317 e. The quantitative estimate of drug-likeness (QED) is 0.747. The Bertz CT molecular complexity index is 308. The third kappa shape index (κ3) is 2.48. The minimum absolute atomic E-state index is 0.177. The Morgan fingerprint density at radius 3 is 2.61 bits per heavy atom. The molecule has 3 fully saturated rings. The van der Waals surface area contributed by atoms with Crippen LogP contribution in [0.3, 0.4) is 0 Å². The van der Waals surface area contributed by atoms with E-state index in [0.29, 0.717) is 11.6 Å². The molecule has 1 saturated carbocycles. The fourth-order valence-corrected chi connectivity index (χ4v) is 3.63. The number of rotatable bonds is 1. The van der Waals surface area contributed by atoms with Gasteiger partial charge in [-0.3, -0.25) is 0 Å². The number of urea groups is 1. The van der Waals surface area contributed by atoms with Gasteiger partial charge in [-0.2, -0.15) is 0 Å². The first-order valence-corrected chi connectivity index (χ1v) is 7.58. The van der Waals surface area contributed by atoms with Crippen molar-refractivity contribution in [2.24, 2.45) is 0 Å². The molecular weight excluding hydrogens is 226 g/mol. The van der Waals surface area contributed by atoms with Gasteiger partial charge in [0.1, 0.15) is 0 Å². The molecule has 1 atom stereocenters. The van der Waals surface area contributed by atoms with Crippen molar-refractivity contribution in [3.05, 3.63) is 0 Å². The molecule has 0 bridgehead atoms. The molecule has 4 nitrogen and oxygen atoms in total. The molecule has 0 aromatic carbocycles. The summed E-state index contributed by atoms with van der Waals surface area (Å²) in [6.45, 7) is 2.95. The largest absolute Gasteiger partial charge is 0.335 e. The molecule has 3 aliphatic rings. The Morgan fingerprint density at radius 2 is 1.94 bits per heavy atom. The van der Waals surface area contributed by atoms with Gasteiger partial charge in [-0.1, -0.05) is 0 Å². The molecule has 1 spiro atoms. The molecule has 2 aliphatic heterocycles. The second-order valence-electron chi connectivity index (χ2n) is 6.25. The number of nitrogens with one attached hydrogen (secondary N) is 2. The van der Waals surface area contributed by atoms with Crippen LogP contribution < -0.4 is 10.6 Å². The third-order valence-corrected chi connectivity index (χ3v) is 4.91. The van der Waals surface area contributed by atoms with Gasteiger partial charge in [0.2, 0.25) is 0 Å². The lowest BCUT2D eigenvalue weighted by Crippen LogP contribution is -2.60. The Labute approximate surface area is 109 Å². The normalized spacial score (nSPS) is 30.9. The predicted molar refractivity (Wildman–Crippen MR) is 71.6 cm³/mol. The second kappa shape index (κ2) is 5.08. The van der Waals surface area contributed by atoms with Crippen LogP contribution in [0.1, 0.15) is 51.4 Å². The van der Waals surface area contributed by atoms with Gasteiger partial charge in [-0.25, -0.2) is 4.79 Å². The number of likely N-dealkylation sites (tertiary alicyclic amines) is 1. The van der Waals surface area contributed by atoms with Crippen LogP contribution >= 0.6 is 0 Å². The molecule has 2 heterocycles. The average molecular weight is 251 g/mol. The van der Waals surface area contributed by atoms with Gasteiger partial charge < -0.3 is 15.5 Å². The van der Waals surface area contributed by atoms with Crippen molar-refractivity contribution in [2.75, 3.05) is 19.6 Å². The molecule has 3 rings (SSSR count). The zero-order valence-corrected chi connectivity index (χ0v) is 11.2. The van der Waals surface area contributed by atoms with E-state index in [0.717, 1.165) is 32.5 Å². The molecule has 102 valence electrons. The van der Waals surface area contributed by atoms with Gasteiger partial charge in [0.05, 0.1) is 0 Å². The molecule has 1 aliphatic carbocycles. The standard InChI is InChI=1S/C14H25N3O/c18-13(17-9-2-1-3-10-17)16-12-5-8-15-14(11-12)6-4-7-14/h12,15H,1-11H2,(H,16,18). The number of piperidine rings is 2. The van der Waals surface area contributed by atoms with Crippen molar-refractivity contribution in [3.8, 4) is 0 Å². The van der Waals surface area contributed by atoms with E-state index in [2.05, 4.69) is 10.6 Å². The first kappa shape index (κ1) is 12.3. The molecule has 18 heavy (non-hydrogen) atoms. The highest BCUT2D eigenvalue weighted by molar-refractivity contribution is 5.74. The summed E-state index contributed by atoms with van der Waals surface area (Å²) in [4.78, 5) is 14.2. The summed E-state index contributed by atoms with van der Waals surface area (Å²) in [7, 11) is 0. The summed E-state index contributed by atoms with van der Waals surface area (Å²) in [5.74, 6) is 0. The zero-order chi connectivity index (χ0) is 12.4. The minimum Gasteiger partial charge on any atom is -0.335 e. The fourth-order valence-electron chi connectivity index (χ4n) is 3.63. The van der Waals surface area contributed by atoms with E-state index in [-0.39, 0.29) is 6.03 Å². The minimum atomic E-state index is 0.177. The molecule has 0 aromatic rings. The monoisotopic (exact) mass is 251 g/mol. The number of hydrogen-bond acceptors (Lipinski definition) is 2. The maximum absolute atomic E-state index is 12.2. The van der Waals surface area contributed by atoms with Crippen LogP contribution in [0.15, 0.2) is 0 Å². The molecular formula is C14H25N3O. The maximum atomic E-state index is 12.2. The van der Waals surface area contributed by atoms with Crippen LogP contribution in [0.4, 0.5) is 4.79 Å². The van der Waals surface area contributed by atoms with Crippen LogP contribution in [0.2, 0.25) is 0 Å². The van der Waals surface area contributed by atoms with Crippen molar-refractivity contribution >= 4 is 6.03 Å². The van der Waals surface area contributed by atoms with Gasteiger partial charge in [0.15, 0.2) is 0 Å². The van der Waals surface area contributed by atoms with Crippen molar-refractivity contribution < 1.29 is 4.79 Å². The summed E-state index contributed by atoms with van der Waals surface area (Å²) < 4.78 is 0. The summed E-state index contributed by atoms with van der Waals surface area (Å²) in [5, 5.41) is 6.91. The van der Waals surface area contributed by atoms with Gasteiger partial charge >= 0.3 is 6.03 Å². The van der Waals surface area contributed by atoms with Crippen molar-refractivity contribution in [1.82, 2.24) is 15.5 Å². The molecule has 2 amide bonds. The summed E-state index contributed by atoms with van der Waals surface area (Å²) in [5.41, 5.74) is 0.373. The lowest BCUT2D eigenvalue weighted by Gasteiger charge is -2.48. The number of hydrogen-bond donors (Lipinski definition) is 2. The molecule has 0 radical (unpaired) electrons.